The summed E-state index contributed by atoms with van der Waals surface area (Å²) in [7, 11) is 0. The fourth-order valence-electron chi connectivity index (χ4n) is 2.11. The number of allylic oxidation sites excluding steroid dienone is 1. The minimum Gasteiger partial charge on any atom is -0.493 e. The van der Waals surface area contributed by atoms with Crippen molar-refractivity contribution in [2.45, 2.75) is 59.3 Å². The molecule has 2 heteroatoms. The van der Waals surface area contributed by atoms with Gasteiger partial charge in [0, 0.05) is 6.42 Å². The maximum Gasteiger partial charge on any atom is 0.130 e. The van der Waals surface area contributed by atoms with Gasteiger partial charge in [-0.1, -0.05) is 37.1 Å². The van der Waals surface area contributed by atoms with E-state index in [9.17, 15) is 4.79 Å². The molecule has 0 aliphatic carbocycles. The number of hydrogen-bond acceptors (Lipinski definition) is 2. The Bertz CT molecular complexity index is 443. The first-order chi connectivity index (χ1) is 10.1. The number of carbonyl (C=O) groups is 1. The van der Waals surface area contributed by atoms with Crippen molar-refractivity contribution in [2.75, 3.05) is 6.61 Å². The van der Waals surface area contributed by atoms with E-state index in [1.165, 1.54) is 30.4 Å². The van der Waals surface area contributed by atoms with E-state index in [4.69, 9.17) is 4.74 Å². The standard InChI is InChI=1S/C19H28O2/c1-4-5-7-16(2)8-6-15-21-19-13-11-18(12-14-19)10-9-17(3)20/h8,11-14H,4-7,9-10,15H2,1-3H3. The normalized spacial score (nSPS) is 11.5. The van der Waals surface area contributed by atoms with E-state index in [-0.39, 0.29) is 5.78 Å². The Balaban J connectivity index is 2.28. The molecule has 0 fully saturated rings. The molecule has 0 heterocycles. The van der Waals surface area contributed by atoms with Crippen LogP contribution in [0, 0.1) is 0 Å². The van der Waals surface area contributed by atoms with Crippen LogP contribution in [0.15, 0.2) is 35.9 Å². The lowest BCUT2D eigenvalue weighted by Gasteiger charge is -2.06. The number of Topliss-reactive ketones (excluding diaryl/α,β-unsaturated/α-hetero) is 1. The highest BCUT2D eigenvalue weighted by molar-refractivity contribution is 5.75. The number of ketones is 1. The second-order valence-electron chi connectivity index (χ2n) is 5.64. The van der Waals surface area contributed by atoms with E-state index >= 15 is 0 Å². The third-order valence-electron chi connectivity index (χ3n) is 3.49. The van der Waals surface area contributed by atoms with Crippen molar-refractivity contribution < 1.29 is 9.53 Å². The summed E-state index contributed by atoms with van der Waals surface area (Å²) >= 11 is 0. The average Bonchev–Trinajstić information content (AvgIpc) is 2.48. The third-order valence-corrected chi connectivity index (χ3v) is 3.49. The molecule has 21 heavy (non-hydrogen) atoms. The average molecular weight is 288 g/mol. The van der Waals surface area contributed by atoms with Crippen LogP contribution in [0.3, 0.4) is 0 Å². The number of ether oxygens (including phenoxy) is 1. The highest BCUT2D eigenvalue weighted by Crippen LogP contribution is 2.14. The van der Waals surface area contributed by atoms with Crippen molar-refractivity contribution >= 4 is 5.78 Å². The topological polar surface area (TPSA) is 26.3 Å². The van der Waals surface area contributed by atoms with Crippen LogP contribution in [0.2, 0.25) is 0 Å². The second kappa shape index (κ2) is 10.2. The molecule has 0 unspecified atom stereocenters. The number of rotatable bonds is 10. The lowest BCUT2D eigenvalue weighted by atomic mass is 10.1. The van der Waals surface area contributed by atoms with Crippen molar-refractivity contribution in [1.82, 2.24) is 0 Å². The van der Waals surface area contributed by atoms with Gasteiger partial charge in [-0.2, -0.15) is 0 Å². The summed E-state index contributed by atoms with van der Waals surface area (Å²) in [4.78, 5) is 10.9. The molecule has 0 aliphatic rings. The zero-order valence-corrected chi connectivity index (χ0v) is 13.7. The largest absolute Gasteiger partial charge is 0.493 e. The van der Waals surface area contributed by atoms with Gasteiger partial charge in [0.2, 0.25) is 0 Å². The van der Waals surface area contributed by atoms with E-state index < -0.39 is 0 Å². The predicted octanol–water partition coefficient (Wildman–Crippen LogP) is 5.11. The number of aryl methyl sites for hydroxylation is 1. The predicted molar refractivity (Wildman–Crippen MR) is 88.8 cm³/mol. The molecule has 0 bridgehead atoms. The summed E-state index contributed by atoms with van der Waals surface area (Å²) in [6, 6.07) is 8.06. The molecule has 0 radical (unpaired) electrons. The fourth-order valence-corrected chi connectivity index (χ4v) is 2.11. The Morgan fingerprint density at radius 2 is 1.86 bits per heavy atom. The molecule has 1 rings (SSSR count). The first kappa shape index (κ1) is 17.5. The summed E-state index contributed by atoms with van der Waals surface area (Å²) in [6.45, 7) is 6.76. The Morgan fingerprint density at radius 1 is 1.14 bits per heavy atom. The molecule has 0 amide bonds. The number of carbonyl (C=O) groups excluding carboxylic acids is 1. The molecule has 0 aromatic heterocycles. The monoisotopic (exact) mass is 288 g/mol. The van der Waals surface area contributed by atoms with E-state index in [2.05, 4.69) is 19.9 Å². The van der Waals surface area contributed by atoms with Crippen LogP contribution >= 0.6 is 0 Å². The molecule has 0 atom stereocenters. The van der Waals surface area contributed by atoms with Crippen LogP contribution in [0.4, 0.5) is 0 Å². The van der Waals surface area contributed by atoms with Gasteiger partial charge in [-0.15, -0.1) is 0 Å². The molecule has 1 aromatic rings. The van der Waals surface area contributed by atoms with Gasteiger partial charge in [0.05, 0.1) is 6.61 Å². The van der Waals surface area contributed by atoms with Gasteiger partial charge in [-0.05, 0) is 57.2 Å². The summed E-state index contributed by atoms with van der Waals surface area (Å²) in [5.74, 6) is 1.14. The van der Waals surface area contributed by atoms with Crippen LogP contribution < -0.4 is 4.74 Å². The van der Waals surface area contributed by atoms with E-state index in [1.54, 1.807) is 6.92 Å². The fraction of sp³-hybridized carbons (Fsp3) is 0.526. The summed E-state index contributed by atoms with van der Waals surface area (Å²) < 4.78 is 5.73. The maximum atomic E-state index is 10.9. The molecule has 0 spiro atoms. The first-order valence-electron chi connectivity index (χ1n) is 7.98. The number of hydrogen-bond donors (Lipinski definition) is 0. The van der Waals surface area contributed by atoms with Crippen molar-refractivity contribution in [3.05, 3.63) is 41.5 Å². The lowest BCUT2D eigenvalue weighted by molar-refractivity contribution is -0.116. The summed E-state index contributed by atoms with van der Waals surface area (Å²) in [6.07, 6.45) is 8.37. The molecule has 0 N–H and O–H groups in total. The number of benzene rings is 1. The Kier molecular flexibility index (Phi) is 8.49. The van der Waals surface area contributed by atoms with Crippen molar-refractivity contribution in [3.63, 3.8) is 0 Å². The second-order valence-corrected chi connectivity index (χ2v) is 5.64. The van der Waals surface area contributed by atoms with Gasteiger partial charge in [-0.3, -0.25) is 0 Å². The Hall–Kier alpha value is -1.57. The van der Waals surface area contributed by atoms with Crippen LogP contribution in [-0.4, -0.2) is 12.4 Å². The molecular formula is C19H28O2. The summed E-state index contributed by atoms with van der Waals surface area (Å²) in [5.41, 5.74) is 2.65. The van der Waals surface area contributed by atoms with Gasteiger partial charge >= 0.3 is 0 Å². The van der Waals surface area contributed by atoms with Gasteiger partial charge in [0.15, 0.2) is 0 Å². The van der Waals surface area contributed by atoms with Gasteiger partial charge < -0.3 is 9.53 Å². The number of unbranched alkanes of at least 4 members (excludes halogenated alkanes) is 1. The third kappa shape index (κ3) is 8.34. The SMILES string of the molecule is CCCCC(C)=CCCOc1ccc(CCC(C)=O)cc1. The highest BCUT2D eigenvalue weighted by atomic mass is 16.5. The van der Waals surface area contributed by atoms with Gasteiger partial charge in [-0.25, -0.2) is 0 Å². The Morgan fingerprint density at radius 3 is 2.48 bits per heavy atom. The molecule has 116 valence electrons. The maximum absolute atomic E-state index is 10.9. The Labute approximate surface area is 129 Å². The van der Waals surface area contributed by atoms with Gasteiger partial charge in [0.1, 0.15) is 11.5 Å². The molecule has 0 saturated heterocycles. The highest BCUT2D eigenvalue weighted by Gasteiger charge is 1.98. The quantitative estimate of drug-likeness (QED) is 0.441. The van der Waals surface area contributed by atoms with Crippen molar-refractivity contribution in [3.8, 4) is 5.75 Å². The van der Waals surface area contributed by atoms with Crippen molar-refractivity contribution in [1.29, 1.82) is 0 Å². The van der Waals surface area contributed by atoms with E-state index in [1.807, 2.05) is 24.3 Å². The molecular weight excluding hydrogens is 260 g/mol. The molecule has 2 nitrogen and oxygen atoms in total. The molecule has 0 aliphatic heterocycles. The molecule has 1 aromatic carbocycles. The summed E-state index contributed by atoms with van der Waals surface area (Å²) in [5, 5.41) is 0. The zero-order chi connectivity index (χ0) is 15.5. The zero-order valence-electron chi connectivity index (χ0n) is 13.7. The minimum atomic E-state index is 0.237. The molecule has 0 saturated carbocycles. The van der Waals surface area contributed by atoms with Crippen LogP contribution in [-0.2, 0) is 11.2 Å². The smallest absolute Gasteiger partial charge is 0.130 e. The minimum absolute atomic E-state index is 0.237. The van der Waals surface area contributed by atoms with Crippen LogP contribution in [0.25, 0.3) is 0 Å². The lowest BCUT2D eigenvalue weighted by Crippen LogP contribution is -1.97. The van der Waals surface area contributed by atoms with E-state index in [0.717, 1.165) is 25.2 Å². The first-order valence-corrected chi connectivity index (χ1v) is 7.98. The van der Waals surface area contributed by atoms with Crippen LogP contribution in [0.5, 0.6) is 5.75 Å². The van der Waals surface area contributed by atoms with Crippen LogP contribution in [0.1, 0.15) is 58.4 Å². The van der Waals surface area contributed by atoms with Crippen molar-refractivity contribution in [2.24, 2.45) is 0 Å². The van der Waals surface area contributed by atoms with E-state index in [0.29, 0.717) is 6.42 Å². The van der Waals surface area contributed by atoms with Gasteiger partial charge in [0.25, 0.3) is 0 Å².